The van der Waals surface area contributed by atoms with Crippen molar-refractivity contribution in [2.45, 2.75) is 33.2 Å². The number of carbonyl (C=O) groups excluding carboxylic acids is 2. The average molecular weight is 340 g/mol. The quantitative estimate of drug-likeness (QED) is 0.490. The van der Waals surface area contributed by atoms with E-state index in [4.69, 9.17) is 0 Å². The molecule has 108 valence electrons. The molecule has 0 heterocycles. The number of hydrogen-bond acceptors (Lipinski definition) is 3. The standard InChI is InChI=1S/C14H18BrN3O2/c1-9(2)16-13(19)8-14(20)18-17-10(3)11-5-4-6-12(15)7-11/h4-7,9H,8H2,1-3H3,(H,16,19)(H,18,20)/b17-10-. The van der Waals surface area contributed by atoms with Gasteiger partial charge in [0.1, 0.15) is 6.42 Å². The lowest BCUT2D eigenvalue weighted by Gasteiger charge is -2.07. The molecular weight excluding hydrogens is 322 g/mol. The second-order valence-electron chi connectivity index (χ2n) is 4.64. The summed E-state index contributed by atoms with van der Waals surface area (Å²) in [7, 11) is 0. The molecule has 0 saturated heterocycles. The summed E-state index contributed by atoms with van der Waals surface area (Å²) in [5.41, 5.74) is 3.94. The monoisotopic (exact) mass is 339 g/mol. The van der Waals surface area contributed by atoms with Crippen LogP contribution >= 0.6 is 15.9 Å². The predicted octanol–water partition coefficient (Wildman–Crippen LogP) is 2.20. The number of rotatable bonds is 5. The molecule has 20 heavy (non-hydrogen) atoms. The van der Waals surface area contributed by atoms with E-state index in [2.05, 4.69) is 31.8 Å². The third kappa shape index (κ3) is 5.97. The maximum absolute atomic E-state index is 11.5. The van der Waals surface area contributed by atoms with E-state index in [1.807, 2.05) is 38.1 Å². The average Bonchev–Trinajstić information content (AvgIpc) is 2.34. The summed E-state index contributed by atoms with van der Waals surface area (Å²) in [5.74, 6) is -0.745. The fourth-order valence-corrected chi connectivity index (χ4v) is 1.88. The van der Waals surface area contributed by atoms with Gasteiger partial charge in [-0.05, 0) is 38.5 Å². The second kappa shape index (κ2) is 7.79. The number of halogens is 1. The number of benzene rings is 1. The summed E-state index contributed by atoms with van der Waals surface area (Å²) < 4.78 is 0.937. The van der Waals surface area contributed by atoms with Gasteiger partial charge < -0.3 is 5.32 Å². The SMILES string of the molecule is C/C(=N/NC(=O)CC(=O)NC(C)C)c1cccc(Br)c1. The van der Waals surface area contributed by atoms with Crippen LogP contribution in [0.2, 0.25) is 0 Å². The van der Waals surface area contributed by atoms with Gasteiger partial charge in [-0.1, -0.05) is 28.1 Å². The Balaban J connectivity index is 2.54. The van der Waals surface area contributed by atoms with Crippen LogP contribution in [0, 0.1) is 0 Å². The number of hydrazone groups is 1. The molecule has 0 atom stereocenters. The highest BCUT2D eigenvalue weighted by atomic mass is 79.9. The van der Waals surface area contributed by atoms with Crippen molar-refractivity contribution < 1.29 is 9.59 Å². The minimum atomic E-state index is -0.433. The van der Waals surface area contributed by atoms with Crippen LogP contribution in [0.25, 0.3) is 0 Å². The minimum Gasteiger partial charge on any atom is -0.353 e. The Hall–Kier alpha value is -1.69. The summed E-state index contributed by atoms with van der Waals surface area (Å²) >= 11 is 3.37. The van der Waals surface area contributed by atoms with Crippen LogP contribution in [-0.4, -0.2) is 23.6 Å². The van der Waals surface area contributed by atoms with Crippen molar-refractivity contribution in [3.8, 4) is 0 Å². The fourth-order valence-electron chi connectivity index (χ4n) is 1.48. The van der Waals surface area contributed by atoms with Crippen molar-refractivity contribution in [3.63, 3.8) is 0 Å². The molecule has 0 bridgehead atoms. The van der Waals surface area contributed by atoms with Gasteiger partial charge in [0.25, 0.3) is 0 Å². The molecule has 2 N–H and O–H groups in total. The zero-order valence-corrected chi connectivity index (χ0v) is 13.3. The highest BCUT2D eigenvalue weighted by molar-refractivity contribution is 9.10. The van der Waals surface area contributed by atoms with E-state index >= 15 is 0 Å². The van der Waals surface area contributed by atoms with Crippen LogP contribution in [0.5, 0.6) is 0 Å². The second-order valence-corrected chi connectivity index (χ2v) is 5.56. The first kappa shape index (κ1) is 16.4. The highest BCUT2D eigenvalue weighted by Gasteiger charge is 2.09. The summed E-state index contributed by atoms with van der Waals surface area (Å²) in [6.45, 7) is 5.47. The Morgan fingerprint density at radius 2 is 2.00 bits per heavy atom. The Bertz CT molecular complexity index is 527. The molecule has 6 heteroatoms. The Kier molecular flexibility index (Phi) is 6.38. The van der Waals surface area contributed by atoms with Crippen LogP contribution in [0.1, 0.15) is 32.8 Å². The lowest BCUT2D eigenvalue weighted by molar-refractivity contribution is -0.129. The van der Waals surface area contributed by atoms with E-state index in [0.717, 1.165) is 10.0 Å². The van der Waals surface area contributed by atoms with E-state index < -0.39 is 5.91 Å². The first-order chi connectivity index (χ1) is 9.38. The first-order valence-corrected chi connectivity index (χ1v) is 7.06. The molecular formula is C14H18BrN3O2. The van der Waals surface area contributed by atoms with Crippen LogP contribution < -0.4 is 10.7 Å². The van der Waals surface area contributed by atoms with Gasteiger partial charge in [0, 0.05) is 10.5 Å². The van der Waals surface area contributed by atoms with E-state index in [0.29, 0.717) is 5.71 Å². The molecule has 0 saturated carbocycles. The molecule has 0 aromatic heterocycles. The molecule has 0 aliphatic heterocycles. The zero-order chi connectivity index (χ0) is 15.1. The Morgan fingerprint density at radius 1 is 1.30 bits per heavy atom. The summed E-state index contributed by atoms with van der Waals surface area (Å²) in [5, 5.41) is 6.63. The minimum absolute atomic E-state index is 0.0159. The zero-order valence-electron chi connectivity index (χ0n) is 11.7. The van der Waals surface area contributed by atoms with Gasteiger partial charge in [0.15, 0.2) is 0 Å². The van der Waals surface area contributed by atoms with Crippen molar-refractivity contribution in [1.82, 2.24) is 10.7 Å². The van der Waals surface area contributed by atoms with Gasteiger partial charge in [-0.25, -0.2) is 5.43 Å². The van der Waals surface area contributed by atoms with E-state index in [1.54, 1.807) is 6.92 Å². The van der Waals surface area contributed by atoms with Crippen LogP contribution in [0.4, 0.5) is 0 Å². The molecule has 0 aliphatic carbocycles. The van der Waals surface area contributed by atoms with Gasteiger partial charge in [0.05, 0.1) is 5.71 Å². The normalized spacial score (nSPS) is 11.3. The number of amides is 2. The summed E-state index contributed by atoms with van der Waals surface area (Å²) in [4.78, 5) is 22.9. The van der Waals surface area contributed by atoms with Crippen molar-refractivity contribution in [3.05, 3.63) is 34.3 Å². The van der Waals surface area contributed by atoms with Crippen LogP contribution in [0.15, 0.2) is 33.8 Å². The van der Waals surface area contributed by atoms with Crippen LogP contribution in [0.3, 0.4) is 0 Å². The van der Waals surface area contributed by atoms with Gasteiger partial charge >= 0.3 is 0 Å². The predicted molar refractivity (Wildman–Crippen MR) is 82.4 cm³/mol. The third-order valence-corrected chi connectivity index (χ3v) is 2.85. The fraction of sp³-hybridized carbons (Fsp3) is 0.357. The Labute approximate surface area is 127 Å². The van der Waals surface area contributed by atoms with E-state index in [1.165, 1.54) is 0 Å². The van der Waals surface area contributed by atoms with Gasteiger partial charge in [-0.2, -0.15) is 5.10 Å². The number of hydrogen-bond donors (Lipinski definition) is 2. The molecule has 5 nitrogen and oxygen atoms in total. The molecule has 0 radical (unpaired) electrons. The van der Waals surface area contributed by atoms with Gasteiger partial charge in [-0.3, -0.25) is 9.59 Å². The molecule has 0 unspecified atom stereocenters. The molecule has 1 aromatic carbocycles. The number of carbonyl (C=O) groups is 2. The van der Waals surface area contributed by atoms with Crippen molar-refractivity contribution in [2.75, 3.05) is 0 Å². The smallest absolute Gasteiger partial charge is 0.249 e. The highest BCUT2D eigenvalue weighted by Crippen LogP contribution is 2.12. The van der Waals surface area contributed by atoms with Gasteiger partial charge in [-0.15, -0.1) is 0 Å². The number of nitrogens with one attached hydrogen (secondary N) is 2. The molecule has 1 rings (SSSR count). The molecule has 2 amide bonds. The Morgan fingerprint density at radius 3 is 2.60 bits per heavy atom. The molecule has 0 fully saturated rings. The van der Waals surface area contributed by atoms with Crippen LogP contribution in [-0.2, 0) is 9.59 Å². The maximum Gasteiger partial charge on any atom is 0.249 e. The first-order valence-electron chi connectivity index (χ1n) is 6.27. The van der Waals surface area contributed by atoms with E-state index in [9.17, 15) is 9.59 Å². The summed E-state index contributed by atoms with van der Waals surface area (Å²) in [6, 6.07) is 7.60. The van der Waals surface area contributed by atoms with Gasteiger partial charge in [0.2, 0.25) is 11.8 Å². The van der Waals surface area contributed by atoms with Crippen molar-refractivity contribution >= 4 is 33.5 Å². The lowest BCUT2D eigenvalue weighted by Crippen LogP contribution is -2.34. The molecule has 0 aliphatic rings. The van der Waals surface area contributed by atoms with Crippen molar-refractivity contribution in [2.24, 2.45) is 5.10 Å². The largest absolute Gasteiger partial charge is 0.353 e. The lowest BCUT2D eigenvalue weighted by atomic mass is 10.1. The third-order valence-electron chi connectivity index (χ3n) is 2.36. The topological polar surface area (TPSA) is 70.6 Å². The molecule has 0 spiro atoms. The van der Waals surface area contributed by atoms with E-state index in [-0.39, 0.29) is 18.4 Å². The maximum atomic E-state index is 11.5. The summed E-state index contributed by atoms with van der Waals surface area (Å²) in [6.07, 6.45) is -0.229. The van der Waals surface area contributed by atoms with Crippen molar-refractivity contribution in [1.29, 1.82) is 0 Å². The number of nitrogens with zero attached hydrogens (tertiary/aromatic N) is 1. The molecule has 1 aromatic rings.